The number of alkyl halides is 4. The van der Waals surface area contributed by atoms with Crippen molar-refractivity contribution in [3.8, 4) is 56.8 Å². The molecular formula is C59H61F11O6. The van der Waals surface area contributed by atoms with Crippen LogP contribution in [0.2, 0.25) is 0 Å². The minimum Gasteiger partial charge on any atom is -0.505 e. The molecule has 0 aliphatic rings. The third-order valence-corrected chi connectivity index (χ3v) is 12.9. The maximum Gasteiger partial charge on any atom is 0.429 e. The molecule has 0 bridgehead atoms. The molecule has 0 fully saturated rings. The maximum absolute atomic E-state index is 15.1. The van der Waals surface area contributed by atoms with E-state index in [1.54, 1.807) is 24.3 Å². The highest BCUT2D eigenvalue weighted by molar-refractivity contribution is 5.67. The maximum atomic E-state index is 15.1. The van der Waals surface area contributed by atoms with Crippen LogP contribution in [0.5, 0.6) is 34.5 Å². The van der Waals surface area contributed by atoms with E-state index in [2.05, 4.69) is 16.4 Å². The smallest absolute Gasteiger partial charge is 0.429 e. The van der Waals surface area contributed by atoms with E-state index in [1.807, 2.05) is 0 Å². The van der Waals surface area contributed by atoms with E-state index >= 15 is 8.78 Å². The molecule has 76 heavy (non-hydrogen) atoms. The molecular weight excluding hydrogens is 1010 g/mol. The summed E-state index contributed by atoms with van der Waals surface area (Å²) in [5, 5.41) is 9.22. The highest BCUT2D eigenvalue weighted by atomic mass is 19.3. The van der Waals surface area contributed by atoms with Crippen molar-refractivity contribution in [1.29, 1.82) is 0 Å². The number of phenols is 1. The fourth-order valence-electron chi connectivity index (χ4n) is 8.68. The lowest BCUT2D eigenvalue weighted by Crippen LogP contribution is -2.24. The van der Waals surface area contributed by atoms with Crippen molar-refractivity contribution in [1.82, 2.24) is 0 Å². The van der Waals surface area contributed by atoms with Crippen LogP contribution in [0.3, 0.4) is 0 Å². The first kappa shape index (κ1) is 58.6. The van der Waals surface area contributed by atoms with Gasteiger partial charge in [0.05, 0.1) is 25.4 Å². The number of unbranched alkanes of at least 4 members (excludes halogenated alkanes) is 10. The average Bonchev–Trinajstić information content (AvgIpc) is 3.39. The largest absolute Gasteiger partial charge is 0.505 e. The number of hydrogen-bond donors (Lipinski definition) is 1. The number of hydrogen-bond acceptors (Lipinski definition) is 6. The van der Waals surface area contributed by atoms with Gasteiger partial charge in [-0.2, -0.15) is 30.7 Å². The van der Waals surface area contributed by atoms with E-state index in [-0.39, 0.29) is 29.0 Å². The predicted molar refractivity (Wildman–Crippen MR) is 268 cm³/mol. The van der Waals surface area contributed by atoms with Gasteiger partial charge in [0.1, 0.15) is 40.3 Å². The highest BCUT2D eigenvalue weighted by Gasteiger charge is 2.40. The lowest BCUT2D eigenvalue weighted by Gasteiger charge is -2.20. The monoisotopic (exact) mass is 1070 g/mol. The fraction of sp³-hybridized carbons (Fsp3) is 0.390. The molecule has 0 heterocycles. The molecule has 6 aromatic carbocycles. The van der Waals surface area contributed by atoms with Crippen LogP contribution in [0, 0.1) is 46.6 Å². The van der Waals surface area contributed by atoms with Gasteiger partial charge in [0.15, 0.2) is 23.1 Å². The number of phenolic OH excluding ortho intramolecular Hbond substituents is 1. The molecule has 17 heteroatoms. The zero-order valence-corrected chi connectivity index (χ0v) is 42.3. The van der Waals surface area contributed by atoms with E-state index < -0.39 is 87.1 Å². The topological polar surface area (TPSA) is 66.4 Å². The molecule has 0 radical (unpaired) electrons. The lowest BCUT2D eigenvalue weighted by molar-refractivity contribution is -0.188. The van der Waals surface area contributed by atoms with E-state index in [0.717, 1.165) is 101 Å². The van der Waals surface area contributed by atoms with Gasteiger partial charge in [0.2, 0.25) is 17.5 Å². The van der Waals surface area contributed by atoms with E-state index in [4.69, 9.17) is 14.2 Å². The second-order valence-electron chi connectivity index (χ2n) is 18.4. The van der Waals surface area contributed by atoms with E-state index in [0.29, 0.717) is 60.8 Å². The summed E-state index contributed by atoms with van der Waals surface area (Å²) in [6, 6.07) is 18.5. The van der Waals surface area contributed by atoms with Gasteiger partial charge >= 0.3 is 12.2 Å². The Morgan fingerprint density at radius 1 is 0.434 bits per heavy atom. The zero-order chi connectivity index (χ0) is 54.8. The molecule has 0 amide bonds. The second-order valence-corrected chi connectivity index (χ2v) is 18.4. The number of halogens is 11. The normalized spacial score (nSPS) is 12.2. The summed E-state index contributed by atoms with van der Waals surface area (Å²) in [7, 11) is 0. The number of aromatic hydroxyl groups is 1. The molecule has 6 aromatic rings. The van der Waals surface area contributed by atoms with Crippen molar-refractivity contribution >= 4 is 0 Å². The SMILES string of the molecule is CCOc1ccc(C(F)(F)Oc2ccc(-c3ccc(OCCCCCCCCC(CC)CCCCCCCCOc4ccc(-c5ccc(C(F)(F)Oc6ccc(O)c(F)c6F)cc5F)cc4)cc3F)c(F)c2)c(F)c1F. The summed E-state index contributed by atoms with van der Waals surface area (Å²) in [6.45, 7) is 4.62. The summed E-state index contributed by atoms with van der Waals surface area (Å²) in [5.74, 6) is -11.8. The summed E-state index contributed by atoms with van der Waals surface area (Å²) in [6.07, 6.45) is 7.71. The Morgan fingerprint density at radius 3 is 1.51 bits per heavy atom. The second kappa shape index (κ2) is 27.9. The lowest BCUT2D eigenvalue weighted by atomic mass is 9.92. The van der Waals surface area contributed by atoms with Crippen molar-refractivity contribution in [2.24, 2.45) is 5.92 Å². The minimum atomic E-state index is -4.37. The van der Waals surface area contributed by atoms with Gasteiger partial charge < -0.3 is 28.8 Å². The Morgan fingerprint density at radius 2 is 0.934 bits per heavy atom. The van der Waals surface area contributed by atoms with Gasteiger partial charge in [-0.3, -0.25) is 0 Å². The van der Waals surface area contributed by atoms with Gasteiger partial charge in [-0.05, 0) is 104 Å². The Labute approximate surface area is 435 Å². The first-order chi connectivity index (χ1) is 36.4. The van der Waals surface area contributed by atoms with Crippen LogP contribution in [0.15, 0.2) is 103 Å². The predicted octanol–water partition coefficient (Wildman–Crippen LogP) is 18.3. The van der Waals surface area contributed by atoms with Crippen LogP contribution < -0.4 is 23.7 Å². The number of rotatable bonds is 31. The molecule has 410 valence electrons. The molecule has 0 aliphatic carbocycles. The van der Waals surface area contributed by atoms with Gasteiger partial charge in [0, 0.05) is 28.8 Å². The summed E-state index contributed by atoms with van der Waals surface area (Å²) >= 11 is 0. The molecule has 0 spiro atoms. The van der Waals surface area contributed by atoms with E-state index in [9.17, 15) is 44.6 Å². The van der Waals surface area contributed by atoms with Crippen molar-refractivity contribution in [2.45, 2.75) is 122 Å². The quantitative estimate of drug-likeness (QED) is 0.0346. The molecule has 0 aromatic heterocycles. The molecule has 0 saturated carbocycles. The van der Waals surface area contributed by atoms with Gasteiger partial charge in [0.25, 0.3) is 0 Å². The summed E-state index contributed by atoms with van der Waals surface area (Å²) in [5.41, 5.74) is -2.22. The van der Waals surface area contributed by atoms with Crippen LogP contribution in [-0.4, -0.2) is 24.9 Å². The molecule has 6 rings (SSSR count). The van der Waals surface area contributed by atoms with Crippen molar-refractivity contribution in [3.63, 3.8) is 0 Å². The summed E-state index contributed by atoms with van der Waals surface area (Å²) < 4.78 is 186. The number of ether oxygens (including phenoxy) is 5. The van der Waals surface area contributed by atoms with Crippen LogP contribution in [0.25, 0.3) is 22.3 Å². The Bertz CT molecular complexity index is 2810. The standard InChI is InChI=1S/C59H61F11O6/c1-3-38(17-13-9-5-7-11-15-33-73-41-22-19-39(20-23-41)44-26-21-40(35-48(44)60)58(67,68)76-53-32-30-51(71)55(64)57(53)66)18-14-10-6-8-12-16-34-74-42-24-27-45(49(61)36-42)46-28-25-43(37-50(46)62)75-59(69,70)47-29-31-52(72-4-2)56(65)54(47)63/h19-32,35-38,71H,3-18,33-34H2,1-2H3. The van der Waals surface area contributed by atoms with Crippen molar-refractivity contribution < 1.29 is 77.1 Å². The van der Waals surface area contributed by atoms with E-state index in [1.165, 1.54) is 51.2 Å². The van der Waals surface area contributed by atoms with Crippen molar-refractivity contribution in [3.05, 3.63) is 155 Å². The first-order valence-electron chi connectivity index (χ1n) is 25.6. The minimum absolute atomic E-state index is 0.0193. The van der Waals surface area contributed by atoms with Crippen LogP contribution in [-0.2, 0) is 12.2 Å². The Hall–Kier alpha value is -6.65. The van der Waals surface area contributed by atoms with Crippen molar-refractivity contribution in [2.75, 3.05) is 19.8 Å². The van der Waals surface area contributed by atoms with Gasteiger partial charge in [-0.1, -0.05) is 109 Å². The molecule has 0 saturated heterocycles. The molecule has 6 nitrogen and oxygen atoms in total. The third kappa shape index (κ3) is 16.2. The van der Waals surface area contributed by atoms with Crippen LogP contribution in [0.4, 0.5) is 48.3 Å². The van der Waals surface area contributed by atoms with Gasteiger partial charge in [-0.15, -0.1) is 0 Å². The fourth-order valence-corrected chi connectivity index (χ4v) is 8.68. The third-order valence-electron chi connectivity index (χ3n) is 12.9. The average molecular weight is 1080 g/mol. The molecule has 1 N–H and O–H groups in total. The number of benzene rings is 6. The zero-order valence-electron chi connectivity index (χ0n) is 42.3. The first-order valence-corrected chi connectivity index (χ1v) is 25.6. The van der Waals surface area contributed by atoms with Crippen LogP contribution in [0.1, 0.15) is 121 Å². The molecule has 0 aliphatic heterocycles. The molecule has 1 atom stereocenters. The Kier molecular flexibility index (Phi) is 21.5. The van der Waals surface area contributed by atoms with Gasteiger partial charge in [-0.25, -0.2) is 17.6 Å². The molecule has 1 unspecified atom stereocenters. The Balaban J connectivity index is 0.780. The van der Waals surface area contributed by atoms with Crippen LogP contribution >= 0.6 is 0 Å². The highest BCUT2D eigenvalue weighted by Crippen LogP contribution is 2.40. The summed E-state index contributed by atoms with van der Waals surface area (Å²) in [4.78, 5) is 0.